The maximum atomic E-state index is 9.99. The van der Waals surface area contributed by atoms with Crippen molar-refractivity contribution in [3.8, 4) is 0 Å². The molecular formula is C18H29NO. The molecule has 0 radical (unpaired) electrons. The summed E-state index contributed by atoms with van der Waals surface area (Å²) in [6.07, 6.45) is 4.68. The van der Waals surface area contributed by atoms with Gasteiger partial charge in [0.1, 0.15) is 0 Å². The molecule has 0 saturated carbocycles. The summed E-state index contributed by atoms with van der Waals surface area (Å²) in [5, 5.41) is 9.99. The van der Waals surface area contributed by atoms with Crippen LogP contribution in [0.1, 0.15) is 59.1 Å². The quantitative estimate of drug-likeness (QED) is 0.750. The lowest BCUT2D eigenvalue weighted by Crippen LogP contribution is -2.29. The fourth-order valence-electron chi connectivity index (χ4n) is 2.78. The van der Waals surface area contributed by atoms with Crippen LogP contribution in [0.25, 0.3) is 0 Å². The molecule has 0 aromatic heterocycles. The normalized spacial score (nSPS) is 13.2. The highest BCUT2D eigenvalue weighted by Gasteiger charge is 2.25. The van der Waals surface area contributed by atoms with Gasteiger partial charge in [0.25, 0.3) is 0 Å². The average molecular weight is 275 g/mol. The van der Waals surface area contributed by atoms with Crippen molar-refractivity contribution >= 4 is 11.9 Å². The van der Waals surface area contributed by atoms with Gasteiger partial charge in [0.15, 0.2) is 0 Å². The lowest BCUT2D eigenvalue weighted by Gasteiger charge is -2.28. The van der Waals surface area contributed by atoms with E-state index in [1.807, 2.05) is 20.1 Å². The van der Waals surface area contributed by atoms with Crippen LogP contribution in [0, 0.1) is 5.41 Å². The van der Waals surface area contributed by atoms with E-state index in [9.17, 15) is 5.11 Å². The molecule has 0 spiro atoms. The van der Waals surface area contributed by atoms with E-state index in [1.165, 1.54) is 11.1 Å². The highest BCUT2D eigenvalue weighted by atomic mass is 16.3. The SMILES string of the molecule is CCc1cccc(CC)c1/N=C/C(C)(C)CC(C)(C)O. The summed E-state index contributed by atoms with van der Waals surface area (Å²) >= 11 is 0. The van der Waals surface area contributed by atoms with Crippen LogP contribution < -0.4 is 0 Å². The average Bonchev–Trinajstić information content (AvgIpc) is 2.33. The van der Waals surface area contributed by atoms with E-state index in [1.54, 1.807) is 0 Å². The maximum Gasteiger partial charge on any atom is 0.0689 e. The van der Waals surface area contributed by atoms with Crippen molar-refractivity contribution in [2.24, 2.45) is 10.4 Å². The first-order valence-corrected chi connectivity index (χ1v) is 7.57. The Bertz CT molecular complexity index is 445. The minimum atomic E-state index is -0.673. The number of benzene rings is 1. The van der Waals surface area contributed by atoms with Crippen molar-refractivity contribution < 1.29 is 5.11 Å². The third kappa shape index (κ3) is 5.09. The van der Waals surface area contributed by atoms with E-state index >= 15 is 0 Å². The third-order valence-corrected chi connectivity index (χ3v) is 3.40. The molecule has 0 bridgehead atoms. The fraction of sp³-hybridized carbons (Fsp3) is 0.611. The summed E-state index contributed by atoms with van der Waals surface area (Å²) < 4.78 is 0. The molecule has 0 aliphatic heterocycles. The highest BCUT2D eigenvalue weighted by Crippen LogP contribution is 2.30. The Morgan fingerprint density at radius 2 is 1.55 bits per heavy atom. The van der Waals surface area contributed by atoms with Crippen molar-refractivity contribution in [2.75, 3.05) is 0 Å². The van der Waals surface area contributed by atoms with Crippen LogP contribution in [-0.2, 0) is 12.8 Å². The molecule has 0 saturated heterocycles. The Balaban J connectivity index is 3.05. The van der Waals surface area contributed by atoms with Crippen molar-refractivity contribution in [3.63, 3.8) is 0 Å². The monoisotopic (exact) mass is 275 g/mol. The second kappa shape index (κ2) is 6.53. The molecule has 2 nitrogen and oxygen atoms in total. The van der Waals surface area contributed by atoms with Gasteiger partial charge in [-0.25, -0.2) is 0 Å². The molecule has 0 atom stereocenters. The summed E-state index contributed by atoms with van der Waals surface area (Å²) in [5.41, 5.74) is 2.90. The fourth-order valence-corrected chi connectivity index (χ4v) is 2.78. The molecule has 0 fully saturated rings. The molecular weight excluding hydrogens is 246 g/mol. The molecule has 1 aromatic rings. The van der Waals surface area contributed by atoms with Gasteiger partial charge >= 0.3 is 0 Å². The highest BCUT2D eigenvalue weighted by molar-refractivity contribution is 5.71. The van der Waals surface area contributed by atoms with E-state index < -0.39 is 5.60 Å². The van der Waals surface area contributed by atoms with Crippen LogP contribution in [0.5, 0.6) is 0 Å². The van der Waals surface area contributed by atoms with Gasteiger partial charge < -0.3 is 5.11 Å². The second-order valence-corrected chi connectivity index (χ2v) is 6.87. The first kappa shape index (κ1) is 16.9. The first-order chi connectivity index (χ1) is 9.18. The van der Waals surface area contributed by atoms with Gasteiger partial charge in [0, 0.05) is 11.6 Å². The number of hydrogen-bond donors (Lipinski definition) is 1. The Morgan fingerprint density at radius 3 is 1.95 bits per heavy atom. The molecule has 1 rings (SSSR count). The molecule has 1 aromatic carbocycles. The van der Waals surface area contributed by atoms with Gasteiger partial charge in [-0.1, -0.05) is 45.9 Å². The summed E-state index contributed by atoms with van der Waals surface area (Å²) in [6, 6.07) is 6.41. The minimum absolute atomic E-state index is 0.121. The van der Waals surface area contributed by atoms with Crippen molar-refractivity contribution in [3.05, 3.63) is 29.3 Å². The molecule has 0 aliphatic carbocycles. The zero-order valence-electron chi connectivity index (χ0n) is 13.8. The Labute approximate surface area is 124 Å². The van der Waals surface area contributed by atoms with Gasteiger partial charge in [-0.2, -0.15) is 0 Å². The van der Waals surface area contributed by atoms with Crippen LogP contribution >= 0.6 is 0 Å². The minimum Gasteiger partial charge on any atom is -0.390 e. The van der Waals surface area contributed by atoms with Crippen LogP contribution in [-0.4, -0.2) is 16.9 Å². The first-order valence-electron chi connectivity index (χ1n) is 7.57. The number of aryl methyl sites for hydroxylation is 2. The molecule has 0 aliphatic rings. The molecule has 2 heteroatoms. The number of nitrogens with zero attached hydrogens (tertiary/aromatic N) is 1. The predicted molar refractivity (Wildman–Crippen MR) is 88.0 cm³/mol. The molecule has 112 valence electrons. The van der Waals surface area contributed by atoms with Gasteiger partial charge in [0.2, 0.25) is 0 Å². The number of rotatable bonds is 6. The van der Waals surface area contributed by atoms with E-state index in [-0.39, 0.29) is 5.41 Å². The van der Waals surface area contributed by atoms with E-state index in [2.05, 4.69) is 45.9 Å². The van der Waals surface area contributed by atoms with Crippen LogP contribution in [0.4, 0.5) is 5.69 Å². The van der Waals surface area contributed by atoms with Crippen LogP contribution in [0.3, 0.4) is 0 Å². The predicted octanol–water partition coefficient (Wildman–Crippen LogP) is 4.70. The standard InChI is InChI=1S/C18H29NO/c1-7-14-10-9-11-15(8-2)16(14)19-13-17(3,4)12-18(5,6)20/h9-11,13,20H,7-8,12H2,1-6H3/b19-13+. The van der Waals surface area contributed by atoms with E-state index in [0.717, 1.165) is 18.5 Å². The zero-order valence-corrected chi connectivity index (χ0v) is 13.8. The Morgan fingerprint density at radius 1 is 1.05 bits per heavy atom. The summed E-state index contributed by atoms with van der Waals surface area (Å²) in [4.78, 5) is 4.77. The molecule has 0 unspecified atom stereocenters. The topological polar surface area (TPSA) is 32.6 Å². The Hall–Kier alpha value is -1.15. The molecule has 0 heterocycles. The summed E-state index contributed by atoms with van der Waals surface area (Å²) in [5.74, 6) is 0. The lowest BCUT2D eigenvalue weighted by molar-refractivity contribution is 0.0488. The number of aliphatic imine (C=N–C) groups is 1. The largest absolute Gasteiger partial charge is 0.390 e. The molecule has 1 N–H and O–H groups in total. The second-order valence-electron chi connectivity index (χ2n) is 6.87. The molecule has 0 amide bonds. The lowest BCUT2D eigenvalue weighted by atomic mass is 9.83. The smallest absolute Gasteiger partial charge is 0.0689 e. The van der Waals surface area contributed by atoms with Gasteiger partial charge in [-0.15, -0.1) is 0 Å². The maximum absolute atomic E-state index is 9.99. The third-order valence-electron chi connectivity index (χ3n) is 3.40. The van der Waals surface area contributed by atoms with Crippen LogP contribution in [0.15, 0.2) is 23.2 Å². The zero-order chi connectivity index (χ0) is 15.4. The van der Waals surface area contributed by atoms with Crippen molar-refractivity contribution in [1.29, 1.82) is 0 Å². The van der Waals surface area contributed by atoms with E-state index in [0.29, 0.717) is 6.42 Å². The van der Waals surface area contributed by atoms with Gasteiger partial charge in [0.05, 0.1) is 11.3 Å². The summed E-state index contributed by atoms with van der Waals surface area (Å²) in [6.45, 7) is 12.3. The number of hydrogen-bond acceptors (Lipinski definition) is 2. The molecule has 20 heavy (non-hydrogen) atoms. The van der Waals surface area contributed by atoms with E-state index in [4.69, 9.17) is 4.99 Å². The number of para-hydroxylation sites is 1. The van der Waals surface area contributed by atoms with Crippen LogP contribution in [0.2, 0.25) is 0 Å². The number of aliphatic hydroxyl groups is 1. The van der Waals surface area contributed by atoms with Gasteiger partial charge in [-0.3, -0.25) is 4.99 Å². The van der Waals surface area contributed by atoms with Crippen molar-refractivity contribution in [2.45, 2.75) is 66.4 Å². The van der Waals surface area contributed by atoms with Crippen molar-refractivity contribution in [1.82, 2.24) is 0 Å². The Kier molecular flexibility index (Phi) is 5.52. The summed E-state index contributed by atoms with van der Waals surface area (Å²) in [7, 11) is 0. The van der Waals surface area contributed by atoms with Gasteiger partial charge in [-0.05, 0) is 44.2 Å².